The molecule has 0 fully saturated rings. The summed E-state index contributed by atoms with van der Waals surface area (Å²) >= 11 is 5.78. The van der Waals surface area contributed by atoms with Crippen LogP contribution in [0.5, 0.6) is 0 Å². The Hall–Kier alpha value is -1.27. The summed E-state index contributed by atoms with van der Waals surface area (Å²) in [6.45, 7) is 8.39. The summed E-state index contributed by atoms with van der Waals surface area (Å²) in [6, 6.07) is 8.20. The van der Waals surface area contributed by atoms with Crippen LogP contribution in [0.4, 0.5) is 0 Å². The van der Waals surface area contributed by atoms with Gasteiger partial charge in [0, 0.05) is 4.75 Å². The van der Waals surface area contributed by atoms with E-state index in [-0.39, 0.29) is 21.8 Å². The van der Waals surface area contributed by atoms with Gasteiger partial charge in [-0.3, -0.25) is 4.79 Å². The van der Waals surface area contributed by atoms with Gasteiger partial charge in [-0.15, -0.1) is 24.4 Å². The minimum atomic E-state index is -0.575. The molecule has 0 saturated carbocycles. The molecule has 0 radical (unpaired) electrons. The third kappa shape index (κ3) is 4.61. The Morgan fingerprint density at radius 3 is 2.35 bits per heavy atom. The van der Waals surface area contributed by atoms with Crippen molar-refractivity contribution in [2.45, 2.75) is 49.6 Å². The normalized spacial score (nSPS) is 20.0. The first-order valence-corrected chi connectivity index (χ1v) is 9.06. The van der Waals surface area contributed by atoms with Gasteiger partial charge in [0.15, 0.2) is 5.88 Å². The highest BCUT2D eigenvalue weighted by Gasteiger charge is 2.34. The van der Waals surface area contributed by atoms with Crippen LogP contribution in [0.3, 0.4) is 0 Å². The van der Waals surface area contributed by atoms with E-state index in [1.165, 1.54) is 5.56 Å². The van der Waals surface area contributed by atoms with Crippen LogP contribution in [0.15, 0.2) is 35.7 Å². The fourth-order valence-electron chi connectivity index (χ4n) is 2.37. The molecule has 2 atom stereocenters. The topological polar surface area (TPSA) is 61.4 Å². The zero-order valence-corrected chi connectivity index (χ0v) is 15.6. The van der Waals surface area contributed by atoms with Gasteiger partial charge in [-0.2, -0.15) is 0 Å². The zero-order valence-electron chi connectivity index (χ0n) is 13.9. The van der Waals surface area contributed by atoms with Gasteiger partial charge < -0.3 is 15.7 Å². The molecule has 1 aromatic carbocycles. The lowest BCUT2D eigenvalue weighted by Crippen LogP contribution is -2.48. The van der Waals surface area contributed by atoms with Gasteiger partial charge in [-0.05, 0) is 17.5 Å². The average molecular weight is 353 g/mol. The number of nitrogens with one attached hydrogen (secondary N) is 2. The second-order valence-corrected chi connectivity index (χ2v) is 8.94. The molecule has 0 bridgehead atoms. The molecule has 0 spiro atoms. The molecular weight excluding hydrogens is 328 g/mol. The monoisotopic (exact) mass is 352 g/mol. The second kappa shape index (κ2) is 7.09. The number of hydrogen-bond acceptors (Lipinski definition) is 5. The number of aryl methyl sites for hydroxylation is 1. The molecule has 3 N–H and O–H groups in total. The molecule has 1 aliphatic rings. The molecule has 1 aromatic rings. The van der Waals surface area contributed by atoms with Crippen LogP contribution in [0.25, 0.3) is 0 Å². The van der Waals surface area contributed by atoms with Crippen LogP contribution in [-0.4, -0.2) is 21.3 Å². The second-order valence-electron chi connectivity index (χ2n) is 6.49. The van der Waals surface area contributed by atoms with Gasteiger partial charge in [0.05, 0.1) is 10.8 Å². The van der Waals surface area contributed by atoms with Crippen molar-refractivity contribution in [3.8, 4) is 0 Å². The van der Waals surface area contributed by atoms with Gasteiger partial charge in [0.2, 0.25) is 0 Å². The zero-order chi connectivity index (χ0) is 17.2. The fraction of sp³-hybridized carbons (Fsp3) is 0.471. The van der Waals surface area contributed by atoms with Crippen molar-refractivity contribution < 1.29 is 9.90 Å². The van der Waals surface area contributed by atoms with E-state index in [1.54, 1.807) is 11.8 Å². The number of carbonyl (C=O) groups is 1. The Bertz CT molecular complexity index is 606. The number of thiol groups is 1. The number of thioether (sulfide) groups is 1. The molecule has 1 amide bonds. The number of amides is 1. The van der Waals surface area contributed by atoms with Crippen molar-refractivity contribution in [3.05, 3.63) is 46.8 Å². The first kappa shape index (κ1) is 18.1. The molecule has 0 saturated heterocycles. The molecule has 0 unspecified atom stereocenters. The van der Waals surface area contributed by atoms with Crippen molar-refractivity contribution in [1.82, 2.24) is 10.6 Å². The molecule has 2 rings (SSSR count). The summed E-state index contributed by atoms with van der Waals surface area (Å²) in [7, 11) is 0. The molecular formula is C17H24N2O2S2. The van der Waals surface area contributed by atoms with Gasteiger partial charge >= 0.3 is 0 Å². The lowest BCUT2D eigenvalue weighted by molar-refractivity contribution is -0.118. The summed E-state index contributed by atoms with van der Waals surface area (Å²) in [5, 5.41) is 15.5. The number of rotatable bonds is 4. The Morgan fingerprint density at radius 2 is 1.87 bits per heavy atom. The first-order chi connectivity index (χ1) is 10.7. The third-order valence-corrected chi connectivity index (χ3v) is 5.17. The van der Waals surface area contributed by atoms with E-state index in [4.69, 9.17) is 0 Å². The summed E-state index contributed by atoms with van der Waals surface area (Å²) in [5.74, 6) is -0.391. The highest BCUT2D eigenvalue weighted by Crippen LogP contribution is 2.44. The number of benzene rings is 1. The minimum absolute atomic E-state index is 0.0700. The average Bonchev–Trinajstić information content (AvgIpc) is 2.44. The molecule has 126 valence electrons. The van der Waals surface area contributed by atoms with Crippen LogP contribution in [0.1, 0.15) is 44.1 Å². The van der Waals surface area contributed by atoms with Gasteiger partial charge in [-0.25, -0.2) is 0 Å². The minimum Gasteiger partial charge on any atom is -0.494 e. The smallest absolute Gasteiger partial charge is 0.256 e. The number of carbonyl (C=O) groups excluding carboxylic acids is 1. The predicted octanol–water partition coefficient (Wildman–Crippen LogP) is 3.52. The summed E-state index contributed by atoms with van der Waals surface area (Å²) in [5.41, 5.74) is 2.01. The van der Waals surface area contributed by atoms with E-state index >= 15 is 0 Å². The molecule has 0 aromatic heterocycles. The van der Waals surface area contributed by atoms with E-state index in [1.807, 2.05) is 12.1 Å². The van der Waals surface area contributed by atoms with Crippen molar-refractivity contribution >= 4 is 30.3 Å². The summed E-state index contributed by atoms with van der Waals surface area (Å²) in [4.78, 5) is 12.4. The Labute approximate surface area is 147 Å². The van der Waals surface area contributed by atoms with Crippen molar-refractivity contribution in [2.75, 3.05) is 0 Å². The number of aliphatic hydroxyl groups is 1. The number of aliphatic hydroxyl groups excluding tert-OH is 1. The maximum Gasteiger partial charge on any atom is 0.256 e. The van der Waals surface area contributed by atoms with Crippen molar-refractivity contribution in [1.29, 1.82) is 0 Å². The molecule has 0 aliphatic carbocycles. The summed E-state index contributed by atoms with van der Waals surface area (Å²) < 4.78 is -0.0700. The van der Waals surface area contributed by atoms with Crippen LogP contribution < -0.4 is 10.6 Å². The lowest BCUT2D eigenvalue weighted by Gasteiger charge is -2.31. The standard InChI is InChI=1S/C17H24N2O2S2/c1-5-10-6-8-11(9-7-10)13(23-17(2,3)4)12-14(20)18-16(22)19-15(12)21/h6-9,13,16,18,20,22H,5H2,1-4H3,(H,19,21)/t13-,16+/m0/s1. The van der Waals surface area contributed by atoms with E-state index in [0.29, 0.717) is 5.57 Å². The van der Waals surface area contributed by atoms with Gasteiger partial charge in [-0.1, -0.05) is 52.0 Å². The maximum atomic E-state index is 12.4. The quantitative estimate of drug-likeness (QED) is 0.626. The van der Waals surface area contributed by atoms with E-state index in [2.05, 4.69) is 63.1 Å². The van der Waals surface area contributed by atoms with Crippen LogP contribution in [-0.2, 0) is 11.2 Å². The highest BCUT2D eigenvalue weighted by atomic mass is 32.2. The SMILES string of the molecule is CCc1ccc([C@H](SC(C)(C)C)C2=C(O)N[C@@H](S)NC2=O)cc1. The first-order valence-electron chi connectivity index (χ1n) is 7.66. The van der Waals surface area contributed by atoms with E-state index in [9.17, 15) is 9.90 Å². The maximum absolute atomic E-state index is 12.4. The molecule has 1 aliphatic heterocycles. The summed E-state index contributed by atoms with van der Waals surface area (Å²) in [6.07, 6.45) is 0.967. The van der Waals surface area contributed by atoms with Gasteiger partial charge in [0.1, 0.15) is 5.50 Å². The predicted molar refractivity (Wildman–Crippen MR) is 99.6 cm³/mol. The lowest BCUT2D eigenvalue weighted by atomic mass is 10.0. The van der Waals surface area contributed by atoms with Gasteiger partial charge in [0.25, 0.3) is 5.91 Å². The van der Waals surface area contributed by atoms with E-state index in [0.717, 1.165) is 12.0 Å². The third-order valence-electron chi connectivity index (χ3n) is 3.47. The molecule has 23 heavy (non-hydrogen) atoms. The van der Waals surface area contributed by atoms with E-state index < -0.39 is 5.50 Å². The highest BCUT2D eigenvalue weighted by molar-refractivity contribution is 8.01. The van der Waals surface area contributed by atoms with Crippen LogP contribution in [0.2, 0.25) is 0 Å². The van der Waals surface area contributed by atoms with Crippen LogP contribution in [0, 0.1) is 0 Å². The molecule has 6 heteroatoms. The molecule has 1 heterocycles. The fourth-order valence-corrected chi connectivity index (χ4v) is 3.95. The largest absolute Gasteiger partial charge is 0.494 e. The molecule has 4 nitrogen and oxygen atoms in total. The van der Waals surface area contributed by atoms with Crippen molar-refractivity contribution in [3.63, 3.8) is 0 Å². The number of hydrogen-bond donors (Lipinski definition) is 4. The van der Waals surface area contributed by atoms with Crippen molar-refractivity contribution in [2.24, 2.45) is 0 Å². The van der Waals surface area contributed by atoms with Crippen LogP contribution >= 0.6 is 24.4 Å². The Balaban J connectivity index is 2.45. The Morgan fingerprint density at radius 1 is 1.26 bits per heavy atom. The Kier molecular flexibility index (Phi) is 5.57.